The Kier molecular flexibility index (Phi) is 5.36. The predicted molar refractivity (Wildman–Crippen MR) is 175 cm³/mol. The molecule has 206 valence electrons. The molecule has 0 spiro atoms. The maximum Gasteiger partial charge on any atom is 0.220 e. The quantitative estimate of drug-likeness (QED) is 0.215. The Bertz CT molecular complexity index is 2440. The molecule has 0 aliphatic heterocycles. The minimum absolute atomic E-state index is 0.554. The normalized spacial score (nSPS) is 11.6. The fourth-order valence-corrected chi connectivity index (χ4v) is 6.02. The molecule has 9 aromatic rings. The minimum Gasteiger partial charge on any atom is -0.277 e. The highest BCUT2D eigenvalue weighted by atomic mass is 15.2. The van der Waals surface area contributed by atoms with Gasteiger partial charge >= 0.3 is 0 Å². The van der Waals surface area contributed by atoms with Gasteiger partial charge in [-0.3, -0.25) is 14.0 Å². The number of benzene rings is 5. The zero-order valence-corrected chi connectivity index (χ0v) is 23.4. The van der Waals surface area contributed by atoms with E-state index >= 15 is 0 Å². The summed E-state index contributed by atoms with van der Waals surface area (Å²) in [4.78, 5) is 24.5. The van der Waals surface area contributed by atoms with Crippen LogP contribution >= 0.6 is 0 Å². The molecule has 0 radical (unpaired) electrons. The van der Waals surface area contributed by atoms with Crippen molar-refractivity contribution < 1.29 is 0 Å². The van der Waals surface area contributed by atoms with Gasteiger partial charge in [-0.05, 0) is 29.7 Å². The van der Waals surface area contributed by atoms with Crippen molar-refractivity contribution in [2.45, 2.75) is 0 Å². The van der Waals surface area contributed by atoms with Crippen LogP contribution in [0.2, 0.25) is 0 Å². The number of imidazole rings is 2. The van der Waals surface area contributed by atoms with Crippen molar-refractivity contribution in [3.8, 4) is 39.9 Å². The second-order valence-corrected chi connectivity index (χ2v) is 10.7. The van der Waals surface area contributed by atoms with Gasteiger partial charge in [0.25, 0.3) is 0 Å². The lowest BCUT2D eigenvalue weighted by molar-refractivity contribution is 1.06. The number of rotatable bonds is 4. The van der Waals surface area contributed by atoms with E-state index in [9.17, 15) is 0 Å². The zero-order chi connectivity index (χ0) is 29.0. The first kappa shape index (κ1) is 24.4. The van der Waals surface area contributed by atoms with Crippen LogP contribution in [-0.4, -0.2) is 33.9 Å². The van der Waals surface area contributed by atoms with E-state index < -0.39 is 0 Å². The van der Waals surface area contributed by atoms with Crippen LogP contribution in [0.4, 0.5) is 0 Å². The van der Waals surface area contributed by atoms with E-state index in [-0.39, 0.29) is 0 Å². The van der Waals surface area contributed by atoms with Gasteiger partial charge in [0.1, 0.15) is 0 Å². The highest BCUT2D eigenvalue weighted by molar-refractivity contribution is 6.08. The Balaban J connectivity index is 1.30. The van der Waals surface area contributed by atoms with Crippen molar-refractivity contribution in [2.75, 3.05) is 0 Å². The topological polar surface area (TPSA) is 73.8 Å². The van der Waals surface area contributed by atoms with Gasteiger partial charge in [0, 0.05) is 28.3 Å². The summed E-state index contributed by atoms with van der Waals surface area (Å²) in [7, 11) is 0. The summed E-state index contributed by atoms with van der Waals surface area (Å²) in [5.41, 5.74) is 7.65. The highest BCUT2D eigenvalue weighted by Gasteiger charge is 2.20. The number of pyridine rings is 1. The summed E-state index contributed by atoms with van der Waals surface area (Å²) in [6, 6.07) is 43.1. The smallest absolute Gasteiger partial charge is 0.220 e. The van der Waals surface area contributed by atoms with Crippen LogP contribution in [-0.2, 0) is 0 Å². The molecular weight excluding hydrogens is 542 g/mol. The van der Waals surface area contributed by atoms with Crippen molar-refractivity contribution in [3.05, 3.63) is 140 Å². The number of hydrogen-bond acceptors (Lipinski definition) is 5. The molecule has 0 saturated carbocycles. The van der Waals surface area contributed by atoms with Gasteiger partial charge in [-0.2, -0.15) is 0 Å². The van der Waals surface area contributed by atoms with Gasteiger partial charge in [0.05, 0.1) is 34.0 Å². The largest absolute Gasteiger partial charge is 0.277 e. The first-order valence-electron chi connectivity index (χ1n) is 14.4. The van der Waals surface area contributed by atoms with Gasteiger partial charge < -0.3 is 0 Å². The molecule has 0 amide bonds. The summed E-state index contributed by atoms with van der Waals surface area (Å²) >= 11 is 0. The van der Waals surface area contributed by atoms with Crippen LogP contribution in [0.15, 0.2) is 140 Å². The summed E-state index contributed by atoms with van der Waals surface area (Å²) in [6.45, 7) is 0. The van der Waals surface area contributed by atoms with Crippen LogP contribution in [0.1, 0.15) is 0 Å². The first-order valence-corrected chi connectivity index (χ1v) is 14.4. The maximum absolute atomic E-state index is 5.10. The Morgan fingerprint density at radius 2 is 1.11 bits per heavy atom. The van der Waals surface area contributed by atoms with Crippen molar-refractivity contribution in [1.29, 1.82) is 0 Å². The molecule has 44 heavy (non-hydrogen) atoms. The van der Waals surface area contributed by atoms with E-state index in [1.165, 1.54) is 10.8 Å². The third kappa shape index (κ3) is 3.80. The van der Waals surface area contributed by atoms with E-state index in [0.717, 1.165) is 50.2 Å². The zero-order valence-electron chi connectivity index (χ0n) is 23.4. The van der Waals surface area contributed by atoms with Gasteiger partial charge in [-0.15, -0.1) is 0 Å². The molecule has 7 heteroatoms. The van der Waals surface area contributed by atoms with Crippen molar-refractivity contribution >= 4 is 38.6 Å². The van der Waals surface area contributed by atoms with Crippen LogP contribution in [0.25, 0.3) is 78.5 Å². The predicted octanol–water partition coefficient (Wildman–Crippen LogP) is 8.17. The third-order valence-electron chi connectivity index (χ3n) is 8.03. The lowest BCUT2D eigenvalue weighted by Gasteiger charge is -2.10. The molecule has 0 atom stereocenters. The van der Waals surface area contributed by atoms with Gasteiger partial charge in [0.2, 0.25) is 5.78 Å². The second kappa shape index (κ2) is 9.68. The van der Waals surface area contributed by atoms with E-state index in [4.69, 9.17) is 24.9 Å². The van der Waals surface area contributed by atoms with E-state index in [1.54, 1.807) is 0 Å². The highest BCUT2D eigenvalue weighted by Crippen LogP contribution is 2.34. The standard InChI is InChI=1S/C37H23N7/c1-3-12-25(13-4-1)34-40-35(26-14-5-2-6-15-26)42-36(41-34)27-21-28(23-38-22-27)43-32-20-19-24-11-7-8-16-29(24)33(32)44-31-18-10-9-17-30(31)39-37(43)44/h1-23H. The molecule has 4 heterocycles. The number of fused-ring (bicyclic) bond motifs is 7. The second-order valence-electron chi connectivity index (χ2n) is 10.7. The van der Waals surface area contributed by atoms with E-state index in [2.05, 4.69) is 69.6 Å². The van der Waals surface area contributed by atoms with Crippen molar-refractivity contribution in [3.63, 3.8) is 0 Å². The first-order chi connectivity index (χ1) is 21.8. The Morgan fingerprint density at radius 1 is 0.477 bits per heavy atom. The lowest BCUT2D eigenvalue weighted by Crippen LogP contribution is -2.02. The fourth-order valence-electron chi connectivity index (χ4n) is 6.02. The van der Waals surface area contributed by atoms with E-state index in [1.807, 2.05) is 79.1 Å². The monoisotopic (exact) mass is 565 g/mol. The molecule has 7 nitrogen and oxygen atoms in total. The number of hydrogen-bond donors (Lipinski definition) is 0. The number of aromatic nitrogens is 7. The maximum atomic E-state index is 5.10. The number of para-hydroxylation sites is 2. The van der Waals surface area contributed by atoms with E-state index in [0.29, 0.717) is 17.5 Å². The molecule has 0 aliphatic rings. The van der Waals surface area contributed by atoms with Crippen LogP contribution in [0.5, 0.6) is 0 Å². The lowest BCUT2D eigenvalue weighted by atomic mass is 10.1. The molecule has 0 fully saturated rings. The van der Waals surface area contributed by atoms with Crippen LogP contribution in [0, 0.1) is 0 Å². The molecule has 0 unspecified atom stereocenters. The van der Waals surface area contributed by atoms with Gasteiger partial charge in [-0.25, -0.2) is 19.9 Å². The number of nitrogens with zero attached hydrogens (tertiary/aromatic N) is 7. The average Bonchev–Trinajstić information content (AvgIpc) is 3.63. The molecule has 0 bridgehead atoms. The fraction of sp³-hybridized carbons (Fsp3) is 0. The average molecular weight is 566 g/mol. The van der Waals surface area contributed by atoms with Gasteiger partial charge in [-0.1, -0.05) is 103 Å². The SMILES string of the molecule is c1ccc(-c2nc(-c3ccccc3)nc(-c3cncc(-n4c5ccc6ccccc6c5n5c6ccccc6nc45)c3)n2)cc1. The molecule has 4 aromatic heterocycles. The molecule has 0 saturated heterocycles. The Morgan fingerprint density at radius 3 is 1.86 bits per heavy atom. The summed E-state index contributed by atoms with van der Waals surface area (Å²) < 4.78 is 4.43. The van der Waals surface area contributed by atoms with Crippen LogP contribution < -0.4 is 0 Å². The Hall–Kier alpha value is -6.21. The molecule has 5 aromatic carbocycles. The minimum atomic E-state index is 0.554. The van der Waals surface area contributed by atoms with Crippen molar-refractivity contribution in [1.82, 2.24) is 33.9 Å². The van der Waals surface area contributed by atoms with Crippen LogP contribution in [0.3, 0.4) is 0 Å². The van der Waals surface area contributed by atoms with Crippen molar-refractivity contribution in [2.24, 2.45) is 0 Å². The Labute approximate surface area is 251 Å². The molecule has 9 rings (SSSR count). The summed E-state index contributed by atoms with van der Waals surface area (Å²) in [6.07, 6.45) is 3.68. The molecule has 0 N–H and O–H groups in total. The summed E-state index contributed by atoms with van der Waals surface area (Å²) in [5, 5.41) is 2.34. The van der Waals surface area contributed by atoms with Gasteiger partial charge in [0.15, 0.2) is 17.5 Å². The molecular formula is C37H23N7. The molecule has 0 aliphatic carbocycles. The third-order valence-corrected chi connectivity index (χ3v) is 8.03. The summed E-state index contributed by atoms with van der Waals surface area (Å²) in [5.74, 6) is 2.60.